The maximum absolute atomic E-state index is 13.5. The first-order valence-corrected chi connectivity index (χ1v) is 7.52. The van der Waals surface area contributed by atoms with Crippen molar-refractivity contribution in [3.63, 3.8) is 0 Å². The Hall–Kier alpha value is -2.94. The number of pyridine rings is 1. The molecule has 1 aliphatic heterocycles. The van der Waals surface area contributed by atoms with Crippen LogP contribution < -0.4 is 4.74 Å². The number of methoxy groups -OCH3 is 1. The van der Waals surface area contributed by atoms with Gasteiger partial charge in [-0.3, -0.25) is 9.78 Å². The van der Waals surface area contributed by atoms with Crippen molar-refractivity contribution in [3.05, 3.63) is 59.9 Å². The molecule has 0 bridgehead atoms. The first kappa shape index (κ1) is 17.9. The van der Waals surface area contributed by atoms with E-state index in [1.165, 1.54) is 55.9 Å². The molecular weight excluding hydrogens is 351 g/mol. The topological polar surface area (TPSA) is 75.0 Å². The van der Waals surface area contributed by atoms with Gasteiger partial charge in [-0.1, -0.05) is 6.07 Å². The standard InChI is InChI=1S/C17H14F3N3O3/c1-26-13-6-4-11(5-7-13)15(24)23-16(25,17(18,19)20)9-14(22-23)12-3-2-8-21-10-12/h2-8,10,25H,9H2,1H3/t16-/m0/s1. The molecule has 2 aromatic rings. The number of carbonyl (C=O) groups excluding carboxylic acids is 1. The molecule has 0 spiro atoms. The van der Waals surface area contributed by atoms with Crippen LogP contribution in [0.25, 0.3) is 0 Å². The molecule has 9 heteroatoms. The summed E-state index contributed by atoms with van der Waals surface area (Å²) in [6, 6.07) is 8.50. The Morgan fingerprint density at radius 3 is 2.50 bits per heavy atom. The fourth-order valence-corrected chi connectivity index (χ4v) is 2.53. The van der Waals surface area contributed by atoms with E-state index in [2.05, 4.69) is 10.1 Å². The summed E-state index contributed by atoms with van der Waals surface area (Å²) in [6.45, 7) is 0. The minimum atomic E-state index is -5.09. The van der Waals surface area contributed by atoms with Crippen molar-refractivity contribution in [2.24, 2.45) is 5.10 Å². The lowest BCUT2D eigenvalue weighted by atomic mass is 10.0. The highest BCUT2D eigenvalue weighted by molar-refractivity contribution is 6.05. The number of nitrogens with zero attached hydrogens (tertiary/aromatic N) is 3. The molecule has 6 nitrogen and oxygen atoms in total. The number of hydrogen-bond donors (Lipinski definition) is 1. The number of halogens is 3. The molecule has 0 saturated heterocycles. The van der Waals surface area contributed by atoms with Gasteiger partial charge in [0.2, 0.25) is 0 Å². The minimum Gasteiger partial charge on any atom is -0.497 e. The van der Waals surface area contributed by atoms with Gasteiger partial charge in [-0.15, -0.1) is 0 Å². The van der Waals surface area contributed by atoms with Crippen molar-refractivity contribution in [1.29, 1.82) is 0 Å². The monoisotopic (exact) mass is 365 g/mol. The molecule has 136 valence electrons. The SMILES string of the molecule is COc1ccc(C(=O)N2N=C(c3cccnc3)C[C@]2(O)C(F)(F)F)cc1. The second-order valence-electron chi connectivity index (χ2n) is 5.62. The summed E-state index contributed by atoms with van der Waals surface area (Å²) in [5, 5.41) is 14.1. The van der Waals surface area contributed by atoms with Crippen LogP contribution in [0.5, 0.6) is 5.75 Å². The van der Waals surface area contributed by atoms with Gasteiger partial charge in [0.15, 0.2) is 0 Å². The van der Waals surface area contributed by atoms with Crippen LogP contribution in [0.15, 0.2) is 53.9 Å². The van der Waals surface area contributed by atoms with Gasteiger partial charge in [-0.2, -0.15) is 23.3 Å². The third-order valence-electron chi connectivity index (χ3n) is 3.96. The van der Waals surface area contributed by atoms with Crippen LogP contribution in [-0.2, 0) is 0 Å². The maximum atomic E-state index is 13.5. The van der Waals surface area contributed by atoms with Crippen molar-refractivity contribution >= 4 is 11.6 Å². The highest BCUT2D eigenvalue weighted by Gasteiger charge is 2.63. The van der Waals surface area contributed by atoms with Crippen molar-refractivity contribution in [2.45, 2.75) is 18.3 Å². The van der Waals surface area contributed by atoms with Gasteiger partial charge in [0.25, 0.3) is 11.6 Å². The molecule has 0 radical (unpaired) electrons. The molecule has 0 unspecified atom stereocenters. The number of hydrazone groups is 1. The lowest BCUT2D eigenvalue weighted by Gasteiger charge is -2.32. The number of carbonyl (C=O) groups is 1. The number of hydrogen-bond acceptors (Lipinski definition) is 5. The fourth-order valence-electron chi connectivity index (χ4n) is 2.53. The molecule has 0 fully saturated rings. The smallest absolute Gasteiger partial charge is 0.438 e. The number of rotatable bonds is 3. The van der Waals surface area contributed by atoms with E-state index in [-0.39, 0.29) is 16.3 Å². The van der Waals surface area contributed by atoms with Gasteiger partial charge in [0, 0.05) is 23.5 Å². The number of benzene rings is 1. The van der Waals surface area contributed by atoms with Crippen molar-refractivity contribution in [3.8, 4) is 5.75 Å². The van der Waals surface area contributed by atoms with Crippen LogP contribution in [0.3, 0.4) is 0 Å². The zero-order valence-electron chi connectivity index (χ0n) is 13.6. The molecule has 1 aliphatic rings. The van der Waals surface area contributed by atoms with E-state index in [9.17, 15) is 23.1 Å². The van der Waals surface area contributed by atoms with Gasteiger partial charge < -0.3 is 9.84 Å². The van der Waals surface area contributed by atoms with E-state index in [1.54, 1.807) is 0 Å². The number of amides is 1. The number of alkyl halides is 3. The molecule has 0 saturated carbocycles. The molecule has 1 N–H and O–H groups in total. The molecule has 3 rings (SSSR count). The molecule has 26 heavy (non-hydrogen) atoms. The van der Waals surface area contributed by atoms with Crippen LogP contribution in [0.2, 0.25) is 0 Å². The third kappa shape index (κ3) is 3.01. The second kappa shape index (κ2) is 6.41. The first-order chi connectivity index (χ1) is 12.3. The van der Waals surface area contributed by atoms with Gasteiger partial charge in [0.05, 0.1) is 19.2 Å². The summed E-state index contributed by atoms with van der Waals surface area (Å²) < 4.78 is 45.5. The summed E-state index contributed by atoms with van der Waals surface area (Å²) >= 11 is 0. The maximum Gasteiger partial charge on any atom is 0.438 e. The van der Waals surface area contributed by atoms with Gasteiger partial charge in [0.1, 0.15) is 5.75 Å². The van der Waals surface area contributed by atoms with Gasteiger partial charge in [-0.25, -0.2) is 0 Å². The first-order valence-electron chi connectivity index (χ1n) is 7.52. The Kier molecular flexibility index (Phi) is 4.41. The summed E-state index contributed by atoms with van der Waals surface area (Å²) in [5.74, 6) is -0.639. The largest absolute Gasteiger partial charge is 0.497 e. The third-order valence-corrected chi connectivity index (χ3v) is 3.96. The molecule has 1 aromatic heterocycles. The number of aliphatic hydroxyl groups is 1. The molecule has 1 aromatic carbocycles. The zero-order valence-corrected chi connectivity index (χ0v) is 13.6. The van der Waals surface area contributed by atoms with Crippen LogP contribution in [0.4, 0.5) is 13.2 Å². The Morgan fingerprint density at radius 2 is 1.96 bits per heavy atom. The molecule has 1 amide bonds. The van der Waals surface area contributed by atoms with Crippen molar-refractivity contribution in [1.82, 2.24) is 9.99 Å². The zero-order chi connectivity index (χ0) is 18.9. The van der Waals surface area contributed by atoms with E-state index in [0.717, 1.165) is 0 Å². The Balaban J connectivity index is 2.01. The Morgan fingerprint density at radius 1 is 1.27 bits per heavy atom. The van der Waals surface area contributed by atoms with Gasteiger partial charge >= 0.3 is 6.18 Å². The van der Waals surface area contributed by atoms with Crippen molar-refractivity contribution < 1.29 is 27.8 Å². The van der Waals surface area contributed by atoms with E-state index in [0.29, 0.717) is 11.3 Å². The number of ether oxygens (including phenoxy) is 1. The summed E-state index contributed by atoms with van der Waals surface area (Å²) in [6.07, 6.45) is -3.21. The van der Waals surface area contributed by atoms with Crippen LogP contribution in [0.1, 0.15) is 22.3 Å². The molecular formula is C17H14F3N3O3. The van der Waals surface area contributed by atoms with E-state index >= 15 is 0 Å². The highest BCUT2D eigenvalue weighted by Crippen LogP contribution is 2.41. The van der Waals surface area contributed by atoms with Crippen LogP contribution in [-0.4, -0.2) is 45.7 Å². The van der Waals surface area contributed by atoms with E-state index < -0.39 is 24.2 Å². The molecule has 0 aliphatic carbocycles. The van der Waals surface area contributed by atoms with E-state index in [4.69, 9.17) is 4.74 Å². The highest BCUT2D eigenvalue weighted by atomic mass is 19.4. The predicted molar refractivity (Wildman–Crippen MR) is 85.6 cm³/mol. The quantitative estimate of drug-likeness (QED) is 0.907. The predicted octanol–water partition coefficient (Wildman–Crippen LogP) is 2.59. The van der Waals surface area contributed by atoms with E-state index in [1.807, 2.05) is 0 Å². The van der Waals surface area contributed by atoms with Gasteiger partial charge in [-0.05, 0) is 30.3 Å². The Labute approximate surface area is 146 Å². The van der Waals surface area contributed by atoms with Crippen molar-refractivity contribution in [2.75, 3.05) is 7.11 Å². The van der Waals surface area contributed by atoms with Crippen LogP contribution in [0, 0.1) is 0 Å². The lowest BCUT2D eigenvalue weighted by Crippen LogP contribution is -2.56. The average Bonchev–Trinajstić information content (AvgIpc) is 3.01. The normalized spacial score (nSPS) is 20.0. The molecule has 1 atom stereocenters. The lowest BCUT2D eigenvalue weighted by molar-refractivity contribution is -0.297. The number of aromatic nitrogens is 1. The van der Waals surface area contributed by atoms with Crippen LogP contribution >= 0.6 is 0 Å². The molecule has 2 heterocycles. The summed E-state index contributed by atoms with van der Waals surface area (Å²) in [7, 11) is 1.42. The second-order valence-corrected chi connectivity index (χ2v) is 5.62. The Bertz CT molecular complexity index is 838. The average molecular weight is 365 g/mol. The summed E-state index contributed by atoms with van der Waals surface area (Å²) in [5.41, 5.74) is -3.29. The fraction of sp³-hybridized carbons (Fsp3) is 0.235. The minimum absolute atomic E-state index is 0.0651. The summed E-state index contributed by atoms with van der Waals surface area (Å²) in [4.78, 5) is 16.4.